The third kappa shape index (κ3) is 4.55. The van der Waals surface area contributed by atoms with E-state index < -0.39 is 35.0 Å². The average molecular weight is 418 g/mol. The fraction of sp³-hybridized carbons (Fsp3) is 0.565. The summed E-state index contributed by atoms with van der Waals surface area (Å²) >= 11 is 0. The summed E-state index contributed by atoms with van der Waals surface area (Å²) in [5.74, 6) is -1.51. The number of esters is 3. The average Bonchev–Trinajstić information content (AvgIpc) is 2.91. The van der Waals surface area contributed by atoms with E-state index in [1.165, 1.54) is 13.8 Å². The molecule has 0 N–H and O–H groups in total. The van der Waals surface area contributed by atoms with Crippen LogP contribution in [0.25, 0.3) is 0 Å². The van der Waals surface area contributed by atoms with Crippen LogP contribution in [0.1, 0.15) is 67.7 Å². The number of carbonyl (C=O) groups excluding carboxylic acids is 4. The number of hydrogen-bond acceptors (Lipinski definition) is 7. The number of rotatable bonds is 5. The van der Waals surface area contributed by atoms with Crippen LogP contribution in [0.5, 0.6) is 0 Å². The number of hydrogen-bond donors (Lipinski definition) is 0. The normalized spacial score (nSPS) is 29.0. The van der Waals surface area contributed by atoms with E-state index in [-0.39, 0.29) is 18.6 Å². The lowest BCUT2D eigenvalue weighted by Gasteiger charge is -2.47. The minimum Gasteiger partial charge on any atom is -0.455 e. The number of ether oxygens (including phenoxy) is 3. The van der Waals surface area contributed by atoms with Gasteiger partial charge in [-0.3, -0.25) is 14.4 Å². The molecule has 1 aliphatic carbocycles. The first-order chi connectivity index (χ1) is 13.8. The van der Waals surface area contributed by atoms with Crippen LogP contribution in [0.2, 0.25) is 0 Å². The second-order valence-electron chi connectivity index (χ2n) is 8.54. The van der Waals surface area contributed by atoms with Crippen LogP contribution in [-0.4, -0.2) is 35.4 Å². The van der Waals surface area contributed by atoms with Gasteiger partial charge in [0.25, 0.3) is 0 Å². The summed E-state index contributed by atoms with van der Waals surface area (Å²) in [6, 6.07) is 0. The lowest BCUT2D eigenvalue weighted by molar-refractivity contribution is -0.170. The topological polar surface area (TPSA) is 96.0 Å². The maximum Gasteiger partial charge on any atom is 0.348 e. The molecule has 2 aliphatic rings. The molecule has 0 bridgehead atoms. The van der Waals surface area contributed by atoms with Gasteiger partial charge in [0.15, 0.2) is 5.78 Å². The summed E-state index contributed by atoms with van der Waals surface area (Å²) in [4.78, 5) is 48.8. The molecule has 1 saturated heterocycles. The molecule has 30 heavy (non-hydrogen) atoms. The minimum absolute atomic E-state index is 0.0848. The maximum atomic E-state index is 13.5. The molecule has 3 atom stereocenters. The first kappa shape index (κ1) is 23.6. The summed E-state index contributed by atoms with van der Waals surface area (Å²) in [6.07, 6.45) is 3.24. The molecule has 1 aliphatic heterocycles. The van der Waals surface area contributed by atoms with E-state index in [1.807, 2.05) is 19.9 Å². The Morgan fingerprint density at radius 1 is 1.13 bits per heavy atom. The van der Waals surface area contributed by atoms with Crippen molar-refractivity contribution in [3.05, 3.63) is 34.6 Å². The van der Waals surface area contributed by atoms with E-state index in [1.54, 1.807) is 26.8 Å². The van der Waals surface area contributed by atoms with Crippen LogP contribution in [0.15, 0.2) is 34.6 Å². The highest BCUT2D eigenvalue weighted by Gasteiger charge is 2.63. The van der Waals surface area contributed by atoms with Gasteiger partial charge < -0.3 is 14.2 Å². The van der Waals surface area contributed by atoms with Crippen LogP contribution in [-0.2, 0) is 33.4 Å². The van der Waals surface area contributed by atoms with E-state index >= 15 is 0 Å². The van der Waals surface area contributed by atoms with Crippen molar-refractivity contribution < 1.29 is 33.4 Å². The molecule has 164 valence electrons. The molecule has 7 heteroatoms. The number of Topliss-reactive ketones (excluding diaryl/α,β-unsaturated/α-hetero) is 1. The Balaban J connectivity index is 2.57. The Kier molecular flexibility index (Phi) is 6.74. The summed E-state index contributed by atoms with van der Waals surface area (Å²) in [5, 5.41) is 0. The maximum absolute atomic E-state index is 13.5. The van der Waals surface area contributed by atoms with Crippen molar-refractivity contribution in [1.29, 1.82) is 0 Å². The smallest absolute Gasteiger partial charge is 0.348 e. The third-order valence-corrected chi connectivity index (χ3v) is 5.79. The standard InChI is InChI=1S/C23H30O7/c1-13(2)8-9-22(7)20(26)15(4)18(10-14(3)28-16(5)24)11-23(22)12-19(21(27)30-23)29-17(6)25/h8,10,19H,9,11-12H2,1-7H3/b14-10+/t19-,22+,23+/m1/s1. The van der Waals surface area contributed by atoms with Gasteiger partial charge in [-0.15, -0.1) is 0 Å². The molecule has 2 rings (SSSR count). The van der Waals surface area contributed by atoms with E-state index in [9.17, 15) is 19.2 Å². The highest BCUT2D eigenvalue weighted by molar-refractivity contribution is 6.03. The lowest BCUT2D eigenvalue weighted by atomic mass is 9.59. The molecule has 1 heterocycles. The third-order valence-electron chi connectivity index (χ3n) is 5.79. The summed E-state index contributed by atoms with van der Waals surface area (Å²) in [6.45, 7) is 11.5. The van der Waals surface area contributed by atoms with Crippen molar-refractivity contribution in [3.8, 4) is 0 Å². The first-order valence-electron chi connectivity index (χ1n) is 9.96. The Morgan fingerprint density at radius 3 is 2.30 bits per heavy atom. The summed E-state index contributed by atoms with van der Waals surface area (Å²) in [7, 11) is 0. The molecule has 0 aromatic carbocycles. The van der Waals surface area contributed by atoms with Crippen LogP contribution >= 0.6 is 0 Å². The minimum atomic E-state index is -1.17. The summed E-state index contributed by atoms with van der Waals surface area (Å²) in [5.41, 5.74) is 0.00671. The van der Waals surface area contributed by atoms with Gasteiger partial charge in [-0.25, -0.2) is 4.79 Å². The van der Waals surface area contributed by atoms with Gasteiger partial charge >= 0.3 is 17.9 Å². The molecular formula is C23H30O7. The molecular weight excluding hydrogens is 388 g/mol. The van der Waals surface area contributed by atoms with Gasteiger partial charge in [0.1, 0.15) is 11.4 Å². The van der Waals surface area contributed by atoms with Crippen LogP contribution < -0.4 is 0 Å². The molecule has 0 radical (unpaired) electrons. The molecule has 0 saturated carbocycles. The summed E-state index contributed by atoms with van der Waals surface area (Å²) < 4.78 is 16.1. The largest absolute Gasteiger partial charge is 0.455 e. The van der Waals surface area contributed by atoms with Crippen molar-refractivity contribution in [2.75, 3.05) is 0 Å². The second-order valence-corrected chi connectivity index (χ2v) is 8.54. The van der Waals surface area contributed by atoms with Gasteiger partial charge in [0.2, 0.25) is 6.10 Å². The quantitative estimate of drug-likeness (QED) is 0.290. The molecule has 0 aromatic rings. The van der Waals surface area contributed by atoms with Crippen molar-refractivity contribution >= 4 is 23.7 Å². The predicted molar refractivity (Wildman–Crippen MR) is 109 cm³/mol. The molecule has 1 spiro atoms. The van der Waals surface area contributed by atoms with Crippen molar-refractivity contribution in [3.63, 3.8) is 0 Å². The molecule has 0 unspecified atom stereocenters. The van der Waals surface area contributed by atoms with Crippen LogP contribution in [0, 0.1) is 5.41 Å². The van der Waals surface area contributed by atoms with Crippen molar-refractivity contribution in [1.82, 2.24) is 0 Å². The fourth-order valence-electron chi connectivity index (χ4n) is 4.17. The van der Waals surface area contributed by atoms with Gasteiger partial charge in [-0.1, -0.05) is 11.6 Å². The first-order valence-corrected chi connectivity index (χ1v) is 9.96. The molecule has 7 nitrogen and oxygen atoms in total. The molecule has 1 fully saturated rings. The van der Waals surface area contributed by atoms with Crippen molar-refractivity contribution in [2.24, 2.45) is 5.41 Å². The Morgan fingerprint density at radius 2 is 1.77 bits per heavy atom. The monoisotopic (exact) mass is 418 g/mol. The van der Waals surface area contributed by atoms with Crippen LogP contribution in [0.3, 0.4) is 0 Å². The molecule has 0 aromatic heterocycles. The zero-order chi connectivity index (χ0) is 22.9. The van der Waals surface area contributed by atoms with E-state index in [0.29, 0.717) is 23.3 Å². The number of allylic oxidation sites excluding steroid dienone is 5. The van der Waals surface area contributed by atoms with Gasteiger partial charge in [0, 0.05) is 26.7 Å². The van der Waals surface area contributed by atoms with E-state index in [4.69, 9.17) is 14.2 Å². The number of carbonyl (C=O) groups is 4. The molecule has 0 amide bonds. The zero-order valence-electron chi connectivity index (χ0n) is 18.7. The SMILES string of the molecule is CC(=O)O/C(C)=C/C1=C(C)C(=O)[C@](C)(CC=C(C)C)[C@]2(C1)C[C@@H](OC(C)=O)C(=O)O2. The van der Waals surface area contributed by atoms with E-state index in [2.05, 4.69) is 0 Å². The Bertz CT molecular complexity index is 872. The van der Waals surface area contributed by atoms with Gasteiger partial charge in [-0.2, -0.15) is 0 Å². The van der Waals surface area contributed by atoms with Gasteiger partial charge in [0.05, 0.1) is 5.41 Å². The van der Waals surface area contributed by atoms with Gasteiger partial charge in [-0.05, 0) is 58.3 Å². The fourth-order valence-corrected chi connectivity index (χ4v) is 4.17. The van der Waals surface area contributed by atoms with E-state index in [0.717, 1.165) is 5.57 Å². The lowest BCUT2D eigenvalue weighted by Crippen LogP contribution is -2.54. The Hall–Kier alpha value is -2.70. The van der Waals surface area contributed by atoms with Crippen LogP contribution in [0.4, 0.5) is 0 Å². The highest BCUT2D eigenvalue weighted by atomic mass is 16.6. The Labute approximate surface area is 177 Å². The predicted octanol–water partition coefficient (Wildman–Crippen LogP) is 3.72. The second kappa shape index (κ2) is 8.58. The van der Waals surface area contributed by atoms with Crippen molar-refractivity contribution in [2.45, 2.75) is 79.4 Å². The number of ketones is 1. The highest BCUT2D eigenvalue weighted by Crippen LogP contribution is 2.54. The zero-order valence-corrected chi connectivity index (χ0v) is 18.7.